The van der Waals surface area contributed by atoms with Crippen LogP contribution < -0.4 is 19.9 Å². The number of ether oxygens (including phenoxy) is 2. The summed E-state index contributed by atoms with van der Waals surface area (Å²) in [5.41, 5.74) is 5.98. The van der Waals surface area contributed by atoms with Crippen molar-refractivity contribution in [1.82, 2.24) is 4.72 Å². The maximum absolute atomic E-state index is 12.3. The summed E-state index contributed by atoms with van der Waals surface area (Å²) in [5, 5.41) is 0. The van der Waals surface area contributed by atoms with E-state index in [1.807, 2.05) is 0 Å². The van der Waals surface area contributed by atoms with Crippen LogP contribution in [0.3, 0.4) is 0 Å². The van der Waals surface area contributed by atoms with Gasteiger partial charge in [0.25, 0.3) is 0 Å². The third-order valence-electron chi connectivity index (χ3n) is 2.85. The lowest BCUT2D eigenvalue weighted by atomic mass is 10.2. The van der Waals surface area contributed by atoms with E-state index in [1.165, 1.54) is 26.4 Å². The van der Waals surface area contributed by atoms with E-state index in [-0.39, 0.29) is 16.3 Å². The van der Waals surface area contributed by atoms with Gasteiger partial charge in [0, 0.05) is 19.0 Å². The summed E-state index contributed by atoms with van der Waals surface area (Å²) in [6, 6.07) is 2.77. The van der Waals surface area contributed by atoms with Gasteiger partial charge in [0.1, 0.15) is 16.4 Å². The average molecular weight is 312 g/mol. The maximum atomic E-state index is 12.3. The van der Waals surface area contributed by atoms with Gasteiger partial charge in [-0.25, -0.2) is 13.1 Å². The topological polar surface area (TPSA) is 90.7 Å². The largest absolute Gasteiger partial charge is 0.495 e. The highest BCUT2D eigenvalue weighted by Crippen LogP contribution is 2.33. The van der Waals surface area contributed by atoms with Crippen molar-refractivity contribution in [2.45, 2.75) is 24.2 Å². The zero-order valence-electron chi connectivity index (χ0n) is 12.2. The summed E-state index contributed by atoms with van der Waals surface area (Å²) < 4.78 is 37.2. The lowest BCUT2D eigenvalue weighted by Gasteiger charge is -2.13. The first-order valence-electron chi connectivity index (χ1n) is 6.41. The Labute approximate surface area is 125 Å². The van der Waals surface area contributed by atoms with Crippen molar-refractivity contribution in [2.24, 2.45) is 0 Å². The van der Waals surface area contributed by atoms with E-state index in [2.05, 4.69) is 10.6 Å². The molecule has 0 heterocycles. The molecular formula is C14H20N2O4S. The quantitative estimate of drug-likeness (QED) is 0.430. The van der Waals surface area contributed by atoms with Crippen LogP contribution in [0.15, 0.2) is 17.0 Å². The second-order valence-electron chi connectivity index (χ2n) is 4.30. The minimum Gasteiger partial charge on any atom is -0.495 e. The van der Waals surface area contributed by atoms with Crippen LogP contribution in [-0.2, 0) is 10.0 Å². The van der Waals surface area contributed by atoms with Gasteiger partial charge in [-0.3, -0.25) is 0 Å². The van der Waals surface area contributed by atoms with E-state index in [4.69, 9.17) is 21.6 Å². The summed E-state index contributed by atoms with van der Waals surface area (Å²) in [5.74, 6) is 3.05. The molecule has 1 aromatic carbocycles. The smallest absolute Gasteiger partial charge is 0.244 e. The Hall–Kier alpha value is -1.91. The molecule has 0 atom stereocenters. The van der Waals surface area contributed by atoms with Gasteiger partial charge in [-0.1, -0.05) is 0 Å². The third-order valence-corrected chi connectivity index (χ3v) is 4.33. The summed E-state index contributed by atoms with van der Waals surface area (Å²) in [7, 11) is -0.867. The fourth-order valence-corrected chi connectivity index (χ4v) is 3.00. The van der Waals surface area contributed by atoms with Crippen molar-refractivity contribution >= 4 is 15.7 Å². The molecule has 116 valence electrons. The van der Waals surface area contributed by atoms with Crippen LogP contribution in [0.5, 0.6) is 11.5 Å². The number of nitrogen functional groups attached to an aromatic ring is 1. The number of hydrogen-bond acceptors (Lipinski definition) is 5. The number of unbranched alkanes of at least 4 members (excludes halogenated alkanes) is 2. The van der Waals surface area contributed by atoms with E-state index in [1.54, 1.807) is 0 Å². The molecule has 0 aliphatic heterocycles. The highest BCUT2D eigenvalue weighted by molar-refractivity contribution is 7.89. The van der Waals surface area contributed by atoms with Gasteiger partial charge >= 0.3 is 0 Å². The van der Waals surface area contributed by atoms with Crippen molar-refractivity contribution in [3.63, 3.8) is 0 Å². The van der Waals surface area contributed by atoms with Crippen LogP contribution >= 0.6 is 0 Å². The standard InChI is InChI=1S/C14H20N2O4S/c1-4-5-6-7-8-16-21(17,18)14-9-11(15)12(19-2)10-13(14)20-3/h1,9-10,16H,5-8,15H2,2-3H3. The third kappa shape index (κ3) is 4.55. The van der Waals surface area contributed by atoms with Crippen LogP contribution in [0.2, 0.25) is 0 Å². The molecule has 0 amide bonds. The molecule has 3 N–H and O–H groups in total. The Morgan fingerprint density at radius 3 is 2.48 bits per heavy atom. The van der Waals surface area contributed by atoms with Gasteiger partial charge in [0.15, 0.2) is 0 Å². The molecule has 21 heavy (non-hydrogen) atoms. The fourth-order valence-electron chi connectivity index (χ4n) is 1.74. The van der Waals surface area contributed by atoms with Crippen molar-refractivity contribution in [3.8, 4) is 23.8 Å². The van der Waals surface area contributed by atoms with Gasteiger partial charge < -0.3 is 15.2 Å². The first-order chi connectivity index (χ1) is 9.96. The zero-order chi connectivity index (χ0) is 15.9. The normalized spacial score (nSPS) is 10.9. The summed E-state index contributed by atoms with van der Waals surface area (Å²) in [6.07, 6.45) is 7.19. The number of nitrogens with one attached hydrogen (secondary N) is 1. The van der Waals surface area contributed by atoms with Crippen molar-refractivity contribution < 1.29 is 17.9 Å². The number of nitrogens with two attached hydrogens (primary N) is 1. The SMILES string of the molecule is C#CCCCCNS(=O)(=O)c1cc(N)c(OC)cc1OC. The number of terminal acetylenes is 1. The second-order valence-corrected chi connectivity index (χ2v) is 6.04. The number of anilines is 1. The van der Waals surface area contributed by atoms with Gasteiger partial charge in [-0.15, -0.1) is 12.3 Å². The number of methoxy groups -OCH3 is 2. The summed E-state index contributed by atoms with van der Waals surface area (Å²) in [6.45, 7) is 0.305. The molecule has 0 fully saturated rings. The summed E-state index contributed by atoms with van der Waals surface area (Å²) >= 11 is 0. The second kappa shape index (κ2) is 7.76. The summed E-state index contributed by atoms with van der Waals surface area (Å²) in [4.78, 5) is -0.0137. The Balaban J connectivity index is 2.92. The van der Waals surface area contributed by atoms with Crippen LogP contribution in [0, 0.1) is 12.3 Å². The monoisotopic (exact) mass is 312 g/mol. The molecule has 0 radical (unpaired) electrons. The minimum atomic E-state index is -3.70. The van der Waals surface area contributed by atoms with E-state index in [9.17, 15) is 8.42 Å². The van der Waals surface area contributed by atoms with Crippen LogP contribution in [0.25, 0.3) is 0 Å². The van der Waals surface area contributed by atoms with E-state index in [0.717, 1.165) is 6.42 Å². The fraction of sp³-hybridized carbons (Fsp3) is 0.429. The molecule has 0 aliphatic rings. The average Bonchev–Trinajstić information content (AvgIpc) is 2.46. The Morgan fingerprint density at radius 2 is 1.90 bits per heavy atom. The maximum Gasteiger partial charge on any atom is 0.244 e. The molecule has 0 saturated heterocycles. The van der Waals surface area contributed by atoms with Gasteiger partial charge in [-0.05, 0) is 18.9 Å². The predicted octanol–water partition coefficient (Wildman–Crippen LogP) is 1.37. The number of sulfonamides is 1. The van der Waals surface area contributed by atoms with Crippen molar-refractivity contribution in [1.29, 1.82) is 0 Å². The molecule has 0 unspecified atom stereocenters. The Morgan fingerprint density at radius 1 is 1.24 bits per heavy atom. The predicted molar refractivity (Wildman–Crippen MR) is 81.8 cm³/mol. The van der Waals surface area contributed by atoms with Crippen LogP contribution in [-0.4, -0.2) is 29.2 Å². The lowest BCUT2D eigenvalue weighted by Crippen LogP contribution is -2.25. The zero-order valence-corrected chi connectivity index (χ0v) is 13.0. The number of hydrogen-bond donors (Lipinski definition) is 2. The first kappa shape index (κ1) is 17.1. The number of rotatable bonds is 8. The van der Waals surface area contributed by atoms with Crippen molar-refractivity contribution in [2.75, 3.05) is 26.5 Å². The lowest BCUT2D eigenvalue weighted by molar-refractivity contribution is 0.387. The highest BCUT2D eigenvalue weighted by atomic mass is 32.2. The van der Waals surface area contributed by atoms with E-state index < -0.39 is 10.0 Å². The molecule has 0 bridgehead atoms. The molecular weight excluding hydrogens is 292 g/mol. The van der Waals surface area contributed by atoms with Crippen LogP contribution in [0.1, 0.15) is 19.3 Å². The van der Waals surface area contributed by atoms with Crippen LogP contribution in [0.4, 0.5) is 5.69 Å². The molecule has 7 heteroatoms. The number of benzene rings is 1. The first-order valence-corrected chi connectivity index (χ1v) is 7.89. The molecule has 0 aromatic heterocycles. The van der Waals surface area contributed by atoms with Gasteiger partial charge in [0.2, 0.25) is 10.0 Å². The molecule has 0 spiro atoms. The molecule has 1 aromatic rings. The van der Waals surface area contributed by atoms with E-state index >= 15 is 0 Å². The molecule has 0 aliphatic carbocycles. The molecule has 0 saturated carbocycles. The Bertz CT molecular complexity index is 621. The van der Waals surface area contributed by atoms with Gasteiger partial charge in [-0.2, -0.15) is 0 Å². The minimum absolute atomic E-state index is 0.0137. The van der Waals surface area contributed by atoms with Crippen molar-refractivity contribution in [3.05, 3.63) is 12.1 Å². The highest BCUT2D eigenvalue weighted by Gasteiger charge is 2.21. The van der Waals surface area contributed by atoms with Gasteiger partial charge in [0.05, 0.1) is 19.9 Å². The molecule has 1 rings (SSSR count). The molecule has 6 nitrogen and oxygen atoms in total. The Kier molecular flexibility index (Phi) is 6.34. The van der Waals surface area contributed by atoms with E-state index in [0.29, 0.717) is 25.1 Å².